The fourth-order valence-electron chi connectivity index (χ4n) is 1.21. The van der Waals surface area contributed by atoms with Gasteiger partial charge in [0.1, 0.15) is 16.6 Å². The molecule has 4 N–H and O–H groups in total. The van der Waals surface area contributed by atoms with Crippen LogP contribution >= 0.6 is 27.7 Å². The minimum Gasteiger partial charge on any atom is -0.369 e. The predicted molar refractivity (Wildman–Crippen MR) is 73.6 cm³/mol. The highest BCUT2D eigenvalue weighted by atomic mass is 79.9. The molecule has 0 saturated carbocycles. The van der Waals surface area contributed by atoms with Gasteiger partial charge in [0.25, 0.3) is 0 Å². The van der Waals surface area contributed by atoms with Crippen molar-refractivity contribution in [3.8, 4) is 0 Å². The Morgan fingerprint density at radius 2 is 2.19 bits per heavy atom. The van der Waals surface area contributed by atoms with E-state index in [1.807, 2.05) is 11.8 Å². The second-order valence-electron chi connectivity index (χ2n) is 3.47. The largest absolute Gasteiger partial charge is 0.369 e. The Morgan fingerprint density at radius 3 is 2.81 bits per heavy atom. The van der Waals surface area contributed by atoms with Gasteiger partial charge in [-0.3, -0.25) is 0 Å². The Bertz CT molecular complexity index is 336. The summed E-state index contributed by atoms with van der Waals surface area (Å²) in [5.74, 6) is 8.37. The first-order valence-electron chi connectivity index (χ1n) is 4.89. The van der Waals surface area contributed by atoms with Crippen molar-refractivity contribution in [3.63, 3.8) is 0 Å². The van der Waals surface area contributed by atoms with Crippen LogP contribution in [-0.2, 0) is 0 Å². The van der Waals surface area contributed by atoms with Gasteiger partial charge < -0.3 is 10.7 Å². The minimum absolute atomic E-state index is 0.579. The summed E-state index contributed by atoms with van der Waals surface area (Å²) in [6, 6.07) is 0. The molecule has 5 nitrogen and oxygen atoms in total. The van der Waals surface area contributed by atoms with Gasteiger partial charge in [-0.2, -0.15) is 11.8 Å². The second kappa shape index (κ2) is 6.93. The fraction of sp³-hybridized carbons (Fsp3) is 0.556. The number of hydrogen-bond acceptors (Lipinski definition) is 6. The Kier molecular flexibility index (Phi) is 5.86. The molecule has 7 heteroatoms. The molecule has 90 valence electrons. The van der Waals surface area contributed by atoms with E-state index in [0.717, 1.165) is 22.6 Å². The lowest BCUT2D eigenvalue weighted by atomic mass is 10.2. The first-order chi connectivity index (χ1) is 7.69. The van der Waals surface area contributed by atoms with Crippen molar-refractivity contribution in [2.75, 3.05) is 29.3 Å². The van der Waals surface area contributed by atoms with Gasteiger partial charge in [-0.1, -0.05) is 6.92 Å². The minimum atomic E-state index is 0.579. The topological polar surface area (TPSA) is 75.9 Å². The molecule has 0 radical (unpaired) electrons. The lowest BCUT2D eigenvalue weighted by Crippen LogP contribution is -2.16. The zero-order valence-corrected chi connectivity index (χ0v) is 11.7. The Hall–Kier alpha value is -0.530. The maximum Gasteiger partial charge on any atom is 0.159 e. The van der Waals surface area contributed by atoms with Gasteiger partial charge in [0.15, 0.2) is 5.82 Å². The average molecular weight is 306 g/mol. The maximum atomic E-state index is 5.32. The molecular weight excluding hydrogens is 290 g/mol. The molecule has 0 aliphatic rings. The van der Waals surface area contributed by atoms with Gasteiger partial charge in [-0.15, -0.1) is 0 Å². The van der Waals surface area contributed by atoms with Crippen LogP contribution in [0.3, 0.4) is 0 Å². The van der Waals surface area contributed by atoms with Crippen molar-refractivity contribution in [1.29, 1.82) is 0 Å². The number of halogens is 1. The number of rotatable bonds is 6. The zero-order chi connectivity index (χ0) is 12.0. The lowest BCUT2D eigenvalue weighted by molar-refractivity contribution is 0.699. The number of nitrogens with one attached hydrogen (secondary N) is 2. The van der Waals surface area contributed by atoms with Crippen molar-refractivity contribution >= 4 is 39.3 Å². The summed E-state index contributed by atoms with van der Waals surface area (Å²) in [4.78, 5) is 8.13. The van der Waals surface area contributed by atoms with E-state index in [9.17, 15) is 0 Å². The summed E-state index contributed by atoms with van der Waals surface area (Å²) in [7, 11) is 0. The highest BCUT2D eigenvalue weighted by molar-refractivity contribution is 9.10. The number of nitrogens with zero attached hydrogens (tertiary/aromatic N) is 2. The molecule has 1 aromatic heterocycles. The normalized spacial score (nSPS) is 12.2. The van der Waals surface area contributed by atoms with E-state index in [0.29, 0.717) is 11.7 Å². The second-order valence-corrected chi connectivity index (χ2v) is 5.17. The molecule has 0 aliphatic heterocycles. The van der Waals surface area contributed by atoms with E-state index in [2.05, 4.69) is 49.8 Å². The molecule has 0 bridgehead atoms. The number of hydrazine groups is 1. The van der Waals surface area contributed by atoms with Gasteiger partial charge in [-0.05, 0) is 33.9 Å². The third-order valence-corrected chi connectivity index (χ3v) is 3.65. The molecule has 1 rings (SSSR count). The maximum absolute atomic E-state index is 5.32. The SMILES string of the molecule is CSCC(C)CNc1ncnc(NN)c1Br. The zero-order valence-electron chi connectivity index (χ0n) is 9.33. The number of anilines is 2. The van der Waals surface area contributed by atoms with Gasteiger partial charge in [-0.25, -0.2) is 15.8 Å². The average Bonchev–Trinajstić information content (AvgIpc) is 2.28. The highest BCUT2D eigenvalue weighted by Gasteiger charge is 2.08. The van der Waals surface area contributed by atoms with Crippen molar-refractivity contribution in [1.82, 2.24) is 9.97 Å². The molecule has 1 atom stereocenters. The molecule has 0 spiro atoms. The summed E-state index contributed by atoms with van der Waals surface area (Å²) in [6.07, 6.45) is 3.58. The van der Waals surface area contributed by atoms with E-state index >= 15 is 0 Å². The van der Waals surface area contributed by atoms with Crippen molar-refractivity contribution in [2.45, 2.75) is 6.92 Å². The van der Waals surface area contributed by atoms with E-state index < -0.39 is 0 Å². The van der Waals surface area contributed by atoms with Crippen LogP contribution in [0.2, 0.25) is 0 Å². The van der Waals surface area contributed by atoms with Crippen LogP contribution < -0.4 is 16.6 Å². The van der Waals surface area contributed by atoms with Gasteiger partial charge in [0.2, 0.25) is 0 Å². The lowest BCUT2D eigenvalue weighted by Gasteiger charge is -2.13. The van der Waals surface area contributed by atoms with Gasteiger partial charge in [0.05, 0.1) is 0 Å². The van der Waals surface area contributed by atoms with E-state index in [1.54, 1.807) is 0 Å². The fourth-order valence-corrected chi connectivity index (χ4v) is 2.35. The molecule has 1 heterocycles. The highest BCUT2D eigenvalue weighted by Crippen LogP contribution is 2.25. The standard InChI is InChI=1S/C9H16BrN5S/c1-6(4-16-2)3-12-8-7(10)9(15-11)14-5-13-8/h5-6H,3-4,11H2,1-2H3,(H2,12,13,14,15). The van der Waals surface area contributed by atoms with Crippen LogP contribution in [0.1, 0.15) is 6.92 Å². The predicted octanol–water partition coefficient (Wildman–Crippen LogP) is 1.94. The summed E-state index contributed by atoms with van der Waals surface area (Å²) in [5.41, 5.74) is 2.51. The number of nitrogen functional groups attached to an aromatic ring is 1. The van der Waals surface area contributed by atoms with Crippen molar-refractivity contribution in [3.05, 3.63) is 10.8 Å². The van der Waals surface area contributed by atoms with Crippen LogP contribution in [0, 0.1) is 5.92 Å². The molecule has 0 fully saturated rings. The van der Waals surface area contributed by atoms with Crippen molar-refractivity contribution < 1.29 is 0 Å². The monoisotopic (exact) mass is 305 g/mol. The molecule has 0 amide bonds. The Labute approximate surface area is 108 Å². The summed E-state index contributed by atoms with van der Waals surface area (Å²) < 4.78 is 0.758. The first kappa shape index (κ1) is 13.5. The first-order valence-corrected chi connectivity index (χ1v) is 7.07. The van der Waals surface area contributed by atoms with E-state index in [-0.39, 0.29) is 0 Å². The number of nitrogens with two attached hydrogens (primary N) is 1. The van der Waals surface area contributed by atoms with E-state index in [4.69, 9.17) is 5.84 Å². The molecular formula is C9H16BrN5S. The van der Waals surface area contributed by atoms with Crippen LogP contribution in [0.15, 0.2) is 10.8 Å². The van der Waals surface area contributed by atoms with Crippen LogP contribution in [0.5, 0.6) is 0 Å². The van der Waals surface area contributed by atoms with Crippen LogP contribution in [-0.4, -0.2) is 28.5 Å². The number of hydrogen-bond donors (Lipinski definition) is 3. The van der Waals surface area contributed by atoms with Crippen LogP contribution in [0.4, 0.5) is 11.6 Å². The third kappa shape index (κ3) is 3.80. The van der Waals surface area contributed by atoms with E-state index in [1.165, 1.54) is 6.33 Å². The third-order valence-electron chi connectivity index (χ3n) is 2.00. The molecule has 16 heavy (non-hydrogen) atoms. The Morgan fingerprint density at radius 1 is 1.50 bits per heavy atom. The molecule has 0 saturated heterocycles. The smallest absolute Gasteiger partial charge is 0.159 e. The summed E-state index contributed by atoms with van der Waals surface area (Å²) in [5, 5.41) is 3.27. The summed E-state index contributed by atoms with van der Waals surface area (Å²) in [6.45, 7) is 3.07. The van der Waals surface area contributed by atoms with Crippen molar-refractivity contribution in [2.24, 2.45) is 11.8 Å². The number of thioether (sulfide) groups is 1. The Balaban J connectivity index is 2.60. The number of aromatic nitrogens is 2. The molecule has 0 aliphatic carbocycles. The van der Waals surface area contributed by atoms with Gasteiger partial charge in [0, 0.05) is 6.54 Å². The quantitative estimate of drug-likeness (QED) is 0.551. The van der Waals surface area contributed by atoms with Gasteiger partial charge >= 0.3 is 0 Å². The molecule has 1 unspecified atom stereocenters. The molecule has 0 aromatic carbocycles. The molecule has 1 aromatic rings. The van der Waals surface area contributed by atoms with Crippen LogP contribution in [0.25, 0.3) is 0 Å². The summed E-state index contributed by atoms with van der Waals surface area (Å²) >= 11 is 5.24.